The molecule has 0 radical (unpaired) electrons. The first kappa shape index (κ1) is 29.5. The Morgan fingerprint density at radius 2 is 1.51 bits per heavy atom. The van der Waals surface area contributed by atoms with E-state index in [0.29, 0.717) is 12.0 Å². The molecule has 0 aliphatic carbocycles. The fourth-order valence-corrected chi connectivity index (χ4v) is 3.17. The second kappa shape index (κ2) is 14.7. The van der Waals surface area contributed by atoms with Gasteiger partial charge in [-0.1, -0.05) is 50.6 Å². The number of carboxylic acids is 1. The van der Waals surface area contributed by atoms with Crippen molar-refractivity contribution in [2.75, 3.05) is 6.61 Å². The summed E-state index contributed by atoms with van der Waals surface area (Å²) in [6, 6.07) is 3.81. The number of hydrogen-bond acceptors (Lipinski definition) is 7. The van der Waals surface area contributed by atoms with Crippen LogP contribution >= 0.6 is 0 Å². The summed E-state index contributed by atoms with van der Waals surface area (Å²) in [5.41, 5.74) is 11.6. The monoisotopic (exact) mass is 493 g/mol. The molecule has 4 amide bonds. The van der Waals surface area contributed by atoms with Crippen LogP contribution in [0.15, 0.2) is 30.3 Å². The number of benzene rings is 1. The summed E-state index contributed by atoms with van der Waals surface area (Å²) in [6.45, 7) is 2.62. The summed E-state index contributed by atoms with van der Waals surface area (Å²) in [5.74, 6) is -4.62. The van der Waals surface area contributed by atoms with Crippen LogP contribution in [0.4, 0.5) is 0 Å². The van der Waals surface area contributed by atoms with Crippen LogP contribution in [-0.4, -0.2) is 70.6 Å². The maximum absolute atomic E-state index is 13.0. The van der Waals surface area contributed by atoms with Crippen molar-refractivity contribution in [3.8, 4) is 0 Å². The van der Waals surface area contributed by atoms with E-state index in [4.69, 9.17) is 11.5 Å². The Balaban J connectivity index is 2.99. The number of aliphatic hydroxyl groups excluding tert-OH is 1. The van der Waals surface area contributed by atoms with Crippen molar-refractivity contribution < 1.29 is 34.2 Å². The van der Waals surface area contributed by atoms with Crippen molar-refractivity contribution in [2.45, 2.75) is 63.7 Å². The van der Waals surface area contributed by atoms with E-state index in [1.807, 2.05) is 0 Å². The average Bonchev–Trinajstić information content (AvgIpc) is 2.83. The second-order valence-corrected chi connectivity index (χ2v) is 8.32. The van der Waals surface area contributed by atoms with Crippen LogP contribution in [-0.2, 0) is 30.4 Å². The number of carbonyl (C=O) groups excluding carboxylic acids is 4. The highest BCUT2D eigenvalue weighted by molar-refractivity contribution is 5.94. The molecule has 0 aromatic heterocycles. The number of nitrogens with two attached hydrogens (primary N) is 2. The van der Waals surface area contributed by atoms with Crippen LogP contribution in [0.1, 0.15) is 38.7 Å². The van der Waals surface area contributed by atoms with Crippen molar-refractivity contribution in [1.29, 1.82) is 0 Å². The lowest BCUT2D eigenvalue weighted by atomic mass is 9.99. The SMILES string of the molecule is CCC(C)C(NC(=O)C(CO)NC(=O)C(Cc1ccccc1)NC(=O)C(N)CCC(N)=O)C(=O)O. The Labute approximate surface area is 203 Å². The maximum atomic E-state index is 13.0. The number of carboxylic acid groups (broad SMARTS) is 1. The van der Waals surface area contributed by atoms with Crippen LogP contribution in [0, 0.1) is 5.92 Å². The molecule has 12 nitrogen and oxygen atoms in total. The topological polar surface area (TPSA) is 214 Å². The van der Waals surface area contributed by atoms with Crippen molar-refractivity contribution in [3.63, 3.8) is 0 Å². The first-order chi connectivity index (χ1) is 16.5. The fraction of sp³-hybridized carbons (Fsp3) is 0.522. The molecule has 0 aliphatic rings. The van der Waals surface area contributed by atoms with Gasteiger partial charge in [-0.2, -0.15) is 0 Å². The molecule has 5 atom stereocenters. The minimum absolute atomic E-state index is 0.0191. The number of nitrogens with one attached hydrogen (secondary N) is 3. The van der Waals surface area contributed by atoms with Crippen molar-refractivity contribution >= 4 is 29.6 Å². The summed E-state index contributed by atoms with van der Waals surface area (Å²) < 4.78 is 0. The number of aliphatic carboxylic acids is 1. The average molecular weight is 494 g/mol. The molecule has 0 saturated carbocycles. The molecule has 0 fully saturated rings. The quantitative estimate of drug-likeness (QED) is 0.151. The highest BCUT2D eigenvalue weighted by Crippen LogP contribution is 2.09. The third-order valence-electron chi connectivity index (χ3n) is 5.55. The third kappa shape index (κ3) is 10.1. The van der Waals surface area contributed by atoms with Crippen LogP contribution in [0.25, 0.3) is 0 Å². The van der Waals surface area contributed by atoms with Gasteiger partial charge in [-0.3, -0.25) is 19.2 Å². The van der Waals surface area contributed by atoms with Gasteiger partial charge in [-0.25, -0.2) is 4.79 Å². The number of carbonyl (C=O) groups is 5. The first-order valence-electron chi connectivity index (χ1n) is 11.3. The van der Waals surface area contributed by atoms with Gasteiger partial charge in [0.05, 0.1) is 12.6 Å². The highest BCUT2D eigenvalue weighted by Gasteiger charge is 2.31. The zero-order valence-electron chi connectivity index (χ0n) is 19.9. The summed E-state index contributed by atoms with van der Waals surface area (Å²) in [6.07, 6.45) is 0.395. The van der Waals surface area contributed by atoms with Crippen molar-refractivity contribution in [1.82, 2.24) is 16.0 Å². The fourth-order valence-electron chi connectivity index (χ4n) is 3.17. The normalized spacial score (nSPS) is 15.1. The van der Waals surface area contributed by atoms with Gasteiger partial charge in [0.1, 0.15) is 18.1 Å². The van der Waals surface area contributed by atoms with Crippen molar-refractivity contribution in [3.05, 3.63) is 35.9 Å². The minimum Gasteiger partial charge on any atom is -0.480 e. The molecule has 0 saturated heterocycles. The third-order valence-corrected chi connectivity index (χ3v) is 5.55. The standard InChI is InChI=1S/C23H35N5O7/c1-3-13(2)19(23(34)35)28-22(33)17(12-29)27-21(32)16(11-14-7-5-4-6-8-14)26-20(31)15(24)9-10-18(25)30/h4-8,13,15-17,19,29H,3,9-12,24H2,1-2H3,(H2,25,30)(H,26,31)(H,27,32)(H,28,33)(H,34,35). The van der Waals surface area contributed by atoms with Crippen LogP contribution < -0.4 is 27.4 Å². The van der Waals surface area contributed by atoms with Crippen molar-refractivity contribution in [2.24, 2.45) is 17.4 Å². The van der Waals surface area contributed by atoms with Crippen LogP contribution in [0.5, 0.6) is 0 Å². The van der Waals surface area contributed by atoms with E-state index in [0.717, 1.165) is 0 Å². The molecular weight excluding hydrogens is 458 g/mol. The van der Waals surface area contributed by atoms with E-state index in [9.17, 15) is 34.2 Å². The summed E-state index contributed by atoms with van der Waals surface area (Å²) in [4.78, 5) is 60.6. The van der Waals surface area contributed by atoms with E-state index < -0.39 is 66.3 Å². The van der Waals surface area contributed by atoms with Gasteiger partial charge in [0, 0.05) is 12.8 Å². The largest absolute Gasteiger partial charge is 0.480 e. The molecule has 9 N–H and O–H groups in total. The molecular formula is C23H35N5O7. The van der Waals surface area contributed by atoms with Crippen LogP contribution in [0.2, 0.25) is 0 Å². The van der Waals surface area contributed by atoms with E-state index in [-0.39, 0.29) is 19.3 Å². The highest BCUT2D eigenvalue weighted by atomic mass is 16.4. The molecule has 1 aromatic carbocycles. The van der Waals surface area contributed by atoms with Gasteiger partial charge in [0.25, 0.3) is 0 Å². The lowest BCUT2D eigenvalue weighted by molar-refractivity contribution is -0.144. The molecule has 1 rings (SSSR count). The molecule has 194 valence electrons. The summed E-state index contributed by atoms with van der Waals surface area (Å²) in [7, 11) is 0. The Morgan fingerprint density at radius 1 is 0.943 bits per heavy atom. The zero-order valence-corrected chi connectivity index (χ0v) is 19.9. The number of amides is 4. The Kier molecular flexibility index (Phi) is 12.4. The van der Waals surface area contributed by atoms with Gasteiger partial charge >= 0.3 is 5.97 Å². The zero-order chi connectivity index (χ0) is 26.5. The number of hydrogen-bond donors (Lipinski definition) is 7. The van der Waals surface area contributed by atoms with E-state index in [1.54, 1.807) is 44.2 Å². The molecule has 0 heterocycles. The molecule has 0 aliphatic heterocycles. The molecule has 0 spiro atoms. The van der Waals surface area contributed by atoms with E-state index >= 15 is 0 Å². The first-order valence-corrected chi connectivity index (χ1v) is 11.3. The molecule has 0 bridgehead atoms. The number of aliphatic hydroxyl groups is 1. The van der Waals surface area contributed by atoms with E-state index in [1.165, 1.54) is 0 Å². The predicted octanol–water partition coefficient (Wildman–Crippen LogP) is -1.60. The van der Waals surface area contributed by atoms with Gasteiger partial charge in [0.15, 0.2) is 0 Å². The Bertz CT molecular complexity index is 880. The van der Waals surface area contributed by atoms with Gasteiger partial charge in [-0.05, 0) is 17.9 Å². The molecule has 5 unspecified atom stereocenters. The summed E-state index contributed by atoms with van der Waals surface area (Å²) in [5, 5.41) is 26.3. The molecule has 35 heavy (non-hydrogen) atoms. The number of primary amides is 1. The minimum atomic E-state index is -1.45. The van der Waals surface area contributed by atoms with Gasteiger partial charge in [-0.15, -0.1) is 0 Å². The molecule has 12 heteroatoms. The Hall–Kier alpha value is -3.51. The number of rotatable bonds is 15. The maximum Gasteiger partial charge on any atom is 0.326 e. The molecule has 1 aromatic rings. The summed E-state index contributed by atoms with van der Waals surface area (Å²) >= 11 is 0. The predicted molar refractivity (Wildman–Crippen MR) is 127 cm³/mol. The lowest BCUT2D eigenvalue weighted by Gasteiger charge is -2.25. The van der Waals surface area contributed by atoms with Gasteiger partial charge < -0.3 is 37.6 Å². The Morgan fingerprint density at radius 3 is 2.03 bits per heavy atom. The van der Waals surface area contributed by atoms with E-state index in [2.05, 4.69) is 16.0 Å². The van der Waals surface area contributed by atoms with Gasteiger partial charge in [0.2, 0.25) is 23.6 Å². The second-order valence-electron chi connectivity index (χ2n) is 8.32. The lowest BCUT2D eigenvalue weighted by Crippen LogP contribution is -2.59. The van der Waals surface area contributed by atoms with Crippen LogP contribution in [0.3, 0.4) is 0 Å². The smallest absolute Gasteiger partial charge is 0.326 e.